The van der Waals surface area contributed by atoms with Crippen molar-refractivity contribution in [2.45, 2.75) is 0 Å². The van der Waals surface area contributed by atoms with Crippen molar-refractivity contribution >= 4 is 47.2 Å². The molecule has 0 saturated heterocycles. The molecule has 0 unspecified atom stereocenters. The van der Waals surface area contributed by atoms with Crippen molar-refractivity contribution in [2.75, 3.05) is 6.54 Å². The van der Waals surface area contributed by atoms with Gasteiger partial charge in [0.2, 0.25) is 0 Å². The van der Waals surface area contributed by atoms with Gasteiger partial charge in [-0.3, -0.25) is 9.59 Å². The monoisotopic (exact) mass is 469 g/mol. The number of halogens is 2. The van der Waals surface area contributed by atoms with E-state index in [1.807, 2.05) is 0 Å². The second-order valence-electron chi connectivity index (χ2n) is 6.42. The molecular weight excluding hydrogens is 453 g/mol. The van der Waals surface area contributed by atoms with Crippen LogP contribution in [0.3, 0.4) is 0 Å². The molecular formula is C23H17Cl2N3O4. The number of benzene rings is 3. The zero-order valence-corrected chi connectivity index (χ0v) is 18.1. The second kappa shape index (κ2) is 11.1. The molecule has 0 heterocycles. The summed E-state index contributed by atoms with van der Waals surface area (Å²) in [7, 11) is 0. The summed E-state index contributed by atoms with van der Waals surface area (Å²) in [6.07, 6.45) is 1.41. The van der Waals surface area contributed by atoms with Crippen LogP contribution in [0.15, 0.2) is 77.9 Å². The average molecular weight is 470 g/mol. The van der Waals surface area contributed by atoms with Gasteiger partial charge in [0.25, 0.3) is 11.8 Å². The SMILES string of the molecule is O=C(CNC(=O)c1ccccc1Cl)N/N=C/c1ccc(OC(=O)c2cccc(Cl)c2)cc1. The molecule has 3 rings (SSSR count). The van der Waals surface area contributed by atoms with E-state index in [-0.39, 0.29) is 12.1 Å². The predicted octanol–water partition coefficient (Wildman–Crippen LogP) is 4.09. The molecule has 0 radical (unpaired) electrons. The Labute approximate surface area is 194 Å². The second-order valence-corrected chi connectivity index (χ2v) is 7.27. The lowest BCUT2D eigenvalue weighted by atomic mass is 10.2. The Balaban J connectivity index is 1.46. The molecule has 3 aromatic carbocycles. The quantitative estimate of drug-likeness (QED) is 0.235. The highest BCUT2D eigenvalue weighted by Crippen LogP contribution is 2.16. The van der Waals surface area contributed by atoms with E-state index < -0.39 is 17.8 Å². The number of hydrogen-bond acceptors (Lipinski definition) is 5. The molecule has 162 valence electrons. The van der Waals surface area contributed by atoms with E-state index in [1.165, 1.54) is 12.3 Å². The van der Waals surface area contributed by atoms with Crippen LogP contribution in [0.25, 0.3) is 0 Å². The fourth-order valence-electron chi connectivity index (χ4n) is 2.52. The van der Waals surface area contributed by atoms with E-state index in [2.05, 4.69) is 15.8 Å². The minimum absolute atomic E-state index is 0.264. The van der Waals surface area contributed by atoms with Crippen molar-refractivity contribution in [2.24, 2.45) is 5.10 Å². The zero-order valence-electron chi connectivity index (χ0n) is 16.5. The summed E-state index contributed by atoms with van der Waals surface area (Å²) in [6.45, 7) is -0.264. The van der Waals surface area contributed by atoms with Crippen molar-refractivity contribution < 1.29 is 19.1 Å². The van der Waals surface area contributed by atoms with Gasteiger partial charge in [-0.25, -0.2) is 10.2 Å². The van der Waals surface area contributed by atoms with Crippen molar-refractivity contribution in [3.8, 4) is 5.75 Å². The van der Waals surface area contributed by atoms with Crippen LogP contribution in [0, 0.1) is 0 Å². The third kappa shape index (κ3) is 6.66. The van der Waals surface area contributed by atoms with Crippen LogP contribution in [0.2, 0.25) is 10.0 Å². The summed E-state index contributed by atoms with van der Waals surface area (Å²) < 4.78 is 5.29. The van der Waals surface area contributed by atoms with Crippen LogP contribution in [-0.2, 0) is 4.79 Å². The van der Waals surface area contributed by atoms with Crippen LogP contribution in [-0.4, -0.2) is 30.5 Å². The number of hydrogen-bond donors (Lipinski definition) is 2. The summed E-state index contributed by atoms with van der Waals surface area (Å²) in [6, 6.07) is 19.5. The van der Waals surface area contributed by atoms with Gasteiger partial charge in [0.15, 0.2) is 0 Å². The Bertz CT molecular complexity index is 1160. The molecule has 0 fully saturated rings. The molecule has 0 atom stereocenters. The molecule has 0 bridgehead atoms. The van der Waals surface area contributed by atoms with Gasteiger partial charge >= 0.3 is 5.97 Å². The lowest BCUT2D eigenvalue weighted by molar-refractivity contribution is -0.120. The Hall–Kier alpha value is -3.68. The Morgan fingerprint density at radius 1 is 0.938 bits per heavy atom. The number of hydrazone groups is 1. The van der Waals surface area contributed by atoms with Gasteiger partial charge in [-0.1, -0.05) is 41.4 Å². The molecule has 0 aliphatic rings. The summed E-state index contributed by atoms with van der Waals surface area (Å²) in [5.41, 5.74) is 3.59. The third-order valence-electron chi connectivity index (χ3n) is 4.08. The zero-order chi connectivity index (χ0) is 22.9. The van der Waals surface area contributed by atoms with E-state index in [0.29, 0.717) is 26.9 Å². The summed E-state index contributed by atoms with van der Waals surface area (Å²) in [5.74, 6) is -1.15. The Morgan fingerprint density at radius 3 is 2.41 bits per heavy atom. The van der Waals surface area contributed by atoms with Crippen molar-refractivity contribution in [3.05, 3.63) is 99.5 Å². The standard InChI is InChI=1S/C23H17Cl2N3O4/c24-17-5-3-4-16(12-17)23(31)32-18-10-8-15(9-11-18)13-27-28-21(29)14-26-22(30)19-6-1-2-7-20(19)25/h1-13H,14H2,(H,26,30)(H,28,29)/b27-13+. The minimum atomic E-state index is -0.528. The maximum absolute atomic E-state index is 12.1. The van der Waals surface area contributed by atoms with Gasteiger partial charge in [-0.2, -0.15) is 5.10 Å². The molecule has 0 aromatic heterocycles. The number of carbonyl (C=O) groups is 3. The van der Waals surface area contributed by atoms with Gasteiger partial charge in [0, 0.05) is 5.02 Å². The van der Waals surface area contributed by atoms with E-state index in [4.69, 9.17) is 27.9 Å². The van der Waals surface area contributed by atoms with E-state index in [1.54, 1.807) is 66.7 Å². The lowest BCUT2D eigenvalue weighted by Gasteiger charge is -2.06. The number of nitrogens with zero attached hydrogens (tertiary/aromatic N) is 1. The highest BCUT2D eigenvalue weighted by molar-refractivity contribution is 6.33. The number of carbonyl (C=O) groups excluding carboxylic acids is 3. The molecule has 32 heavy (non-hydrogen) atoms. The van der Waals surface area contributed by atoms with Crippen LogP contribution >= 0.6 is 23.2 Å². The molecule has 0 saturated carbocycles. The summed E-state index contributed by atoms with van der Waals surface area (Å²) in [5, 5.41) is 7.04. The number of rotatable bonds is 7. The van der Waals surface area contributed by atoms with E-state index in [0.717, 1.165) is 0 Å². The first-order chi connectivity index (χ1) is 15.4. The van der Waals surface area contributed by atoms with Crippen LogP contribution in [0.1, 0.15) is 26.3 Å². The first-order valence-electron chi connectivity index (χ1n) is 9.35. The number of nitrogens with one attached hydrogen (secondary N) is 2. The Kier molecular flexibility index (Phi) is 7.96. The molecule has 2 N–H and O–H groups in total. The highest BCUT2D eigenvalue weighted by Gasteiger charge is 2.11. The molecule has 9 heteroatoms. The summed E-state index contributed by atoms with van der Waals surface area (Å²) >= 11 is 11.8. The van der Waals surface area contributed by atoms with Crippen LogP contribution in [0.4, 0.5) is 0 Å². The van der Waals surface area contributed by atoms with Gasteiger partial charge in [0.05, 0.1) is 28.9 Å². The van der Waals surface area contributed by atoms with Crippen LogP contribution < -0.4 is 15.5 Å². The number of esters is 1. The smallest absolute Gasteiger partial charge is 0.343 e. The maximum atomic E-state index is 12.1. The predicted molar refractivity (Wildman–Crippen MR) is 122 cm³/mol. The van der Waals surface area contributed by atoms with Crippen molar-refractivity contribution in [1.82, 2.24) is 10.7 Å². The first kappa shape index (κ1) is 23.0. The van der Waals surface area contributed by atoms with Gasteiger partial charge in [-0.05, 0) is 60.2 Å². The van der Waals surface area contributed by atoms with Crippen molar-refractivity contribution in [1.29, 1.82) is 0 Å². The van der Waals surface area contributed by atoms with Crippen molar-refractivity contribution in [3.63, 3.8) is 0 Å². The molecule has 2 amide bonds. The molecule has 0 spiro atoms. The van der Waals surface area contributed by atoms with E-state index >= 15 is 0 Å². The first-order valence-corrected chi connectivity index (χ1v) is 10.1. The lowest BCUT2D eigenvalue weighted by Crippen LogP contribution is -2.35. The van der Waals surface area contributed by atoms with Crippen LogP contribution in [0.5, 0.6) is 5.75 Å². The fraction of sp³-hybridized carbons (Fsp3) is 0.0435. The molecule has 0 aliphatic heterocycles. The largest absolute Gasteiger partial charge is 0.423 e. The Morgan fingerprint density at radius 2 is 1.69 bits per heavy atom. The molecule has 7 nitrogen and oxygen atoms in total. The van der Waals surface area contributed by atoms with Gasteiger partial charge < -0.3 is 10.1 Å². The highest BCUT2D eigenvalue weighted by atomic mass is 35.5. The fourth-order valence-corrected chi connectivity index (χ4v) is 2.93. The number of amides is 2. The van der Waals surface area contributed by atoms with E-state index in [9.17, 15) is 14.4 Å². The number of ether oxygens (including phenoxy) is 1. The van der Waals surface area contributed by atoms with Gasteiger partial charge in [-0.15, -0.1) is 0 Å². The molecule has 0 aliphatic carbocycles. The third-order valence-corrected chi connectivity index (χ3v) is 4.65. The average Bonchev–Trinajstić information content (AvgIpc) is 2.79. The van der Waals surface area contributed by atoms with Gasteiger partial charge in [0.1, 0.15) is 5.75 Å². The summed E-state index contributed by atoms with van der Waals surface area (Å²) in [4.78, 5) is 36.0. The maximum Gasteiger partial charge on any atom is 0.343 e. The molecule has 3 aromatic rings. The topological polar surface area (TPSA) is 96.9 Å². The normalized spacial score (nSPS) is 10.6. The minimum Gasteiger partial charge on any atom is -0.423 e.